The molecule has 18 heavy (non-hydrogen) atoms. The molecule has 0 radical (unpaired) electrons. The van der Waals surface area contributed by atoms with Crippen LogP contribution >= 0.6 is 0 Å². The molecule has 1 aromatic rings. The van der Waals surface area contributed by atoms with E-state index in [0.717, 1.165) is 43.8 Å². The summed E-state index contributed by atoms with van der Waals surface area (Å²) in [7, 11) is 1.91. The molecule has 1 spiro atoms. The third-order valence-corrected chi connectivity index (χ3v) is 4.00. The predicted octanol–water partition coefficient (Wildman–Crippen LogP) is 2.42. The Morgan fingerprint density at radius 2 is 2.11 bits per heavy atom. The molecule has 2 aliphatic rings. The van der Waals surface area contributed by atoms with E-state index in [-0.39, 0.29) is 17.5 Å². The van der Waals surface area contributed by atoms with E-state index in [0.29, 0.717) is 0 Å². The van der Waals surface area contributed by atoms with Gasteiger partial charge < -0.3 is 14.8 Å². The lowest BCUT2D eigenvalue weighted by Crippen LogP contribution is -2.47. The lowest BCUT2D eigenvalue weighted by atomic mass is 9.82. The lowest BCUT2D eigenvalue weighted by molar-refractivity contribution is -0.0642. The minimum absolute atomic E-state index is 0.142. The average Bonchev–Trinajstić information content (AvgIpc) is 2.39. The van der Waals surface area contributed by atoms with E-state index >= 15 is 0 Å². The number of hydrogen-bond acceptors (Lipinski definition) is 3. The molecule has 1 N–H and O–H groups in total. The van der Waals surface area contributed by atoms with Crippen LogP contribution in [0.15, 0.2) is 18.2 Å². The van der Waals surface area contributed by atoms with Crippen molar-refractivity contribution in [1.29, 1.82) is 0 Å². The third-order valence-electron chi connectivity index (χ3n) is 4.00. The molecule has 1 atom stereocenters. The summed E-state index contributed by atoms with van der Waals surface area (Å²) in [6.07, 6.45) is 2.69. The molecule has 3 rings (SSSR count). The minimum Gasteiger partial charge on any atom is -0.487 e. The Labute approximate surface area is 106 Å². The topological polar surface area (TPSA) is 30.5 Å². The molecule has 0 bridgehead atoms. The van der Waals surface area contributed by atoms with Gasteiger partial charge in [-0.05, 0) is 25.2 Å². The first-order valence-electron chi connectivity index (χ1n) is 6.46. The number of hydrogen-bond donors (Lipinski definition) is 1. The number of benzene rings is 1. The Morgan fingerprint density at radius 3 is 2.83 bits per heavy atom. The Kier molecular flexibility index (Phi) is 2.99. The van der Waals surface area contributed by atoms with E-state index < -0.39 is 0 Å². The summed E-state index contributed by atoms with van der Waals surface area (Å²) >= 11 is 0. The molecule has 0 aliphatic carbocycles. The zero-order valence-electron chi connectivity index (χ0n) is 10.5. The molecule has 1 aromatic carbocycles. The summed E-state index contributed by atoms with van der Waals surface area (Å²) in [6.45, 7) is 1.49. The highest BCUT2D eigenvalue weighted by Gasteiger charge is 2.41. The number of fused-ring (bicyclic) bond motifs is 1. The highest BCUT2D eigenvalue weighted by molar-refractivity contribution is 5.39. The van der Waals surface area contributed by atoms with Crippen molar-refractivity contribution in [3.63, 3.8) is 0 Å². The van der Waals surface area contributed by atoms with Crippen LogP contribution in [0, 0.1) is 5.82 Å². The van der Waals surface area contributed by atoms with Gasteiger partial charge in [-0.15, -0.1) is 0 Å². The molecule has 1 unspecified atom stereocenters. The summed E-state index contributed by atoms with van der Waals surface area (Å²) in [5, 5.41) is 3.27. The van der Waals surface area contributed by atoms with Crippen LogP contribution in [0.2, 0.25) is 0 Å². The van der Waals surface area contributed by atoms with Crippen LogP contribution in [0.25, 0.3) is 0 Å². The van der Waals surface area contributed by atoms with Gasteiger partial charge >= 0.3 is 0 Å². The predicted molar refractivity (Wildman–Crippen MR) is 66.2 cm³/mol. The maximum Gasteiger partial charge on any atom is 0.125 e. The van der Waals surface area contributed by atoms with E-state index in [1.165, 1.54) is 6.07 Å². The number of halogens is 1. The average molecular weight is 251 g/mol. The third kappa shape index (κ3) is 1.99. The maximum absolute atomic E-state index is 13.3. The van der Waals surface area contributed by atoms with Crippen molar-refractivity contribution in [1.82, 2.24) is 5.32 Å². The van der Waals surface area contributed by atoms with Crippen molar-refractivity contribution < 1.29 is 13.9 Å². The zero-order chi connectivity index (χ0) is 12.6. The molecule has 4 heteroatoms. The van der Waals surface area contributed by atoms with Gasteiger partial charge in [0.1, 0.15) is 17.2 Å². The molecule has 3 nitrogen and oxygen atoms in total. The van der Waals surface area contributed by atoms with Crippen molar-refractivity contribution in [3.8, 4) is 5.75 Å². The number of rotatable bonds is 1. The molecule has 0 amide bonds. The number of ether oxygens (including phenoxy) is 2. The quantitative estimate of drug-likeness (QED) is 0.831. The second-order valence-electron chi connectivity index (χ2n) is 5.12. The Bertz CT molecular complexity index is 443. The first-order chi connectivity index (χ1) is 8.72. The summed E-state index contributed by atoms with van der Waals surface area (Å²) < 4.78 is 24.9. The fourth-order valence-corrected chi connectivity index (χ4v) is 2.95. The molecular weight excluding hydrogens is 233 g/mol. The van der Waals surface area contributed by atoms with E-state index in [1.807, 2.05) is 7.05 Å². The fraction of sp³-hybridized carbons (Fsp3) is 0.571. The summed E-state index contributed by atoms with van der Waals surface area (Å²) in [4.78, 5) is 0. The smallest absolute Gasteiger partial charge is 0.125 e. The Hall–Kier alpha value is -1.13. The van der Waals surface area contributed by atoms with Crippen molar-refractivity contribution in [2.45, 2.75) is 30.9 Å². The van der Waals surface area contributed by atoms with E-state index in [9.17, 15) is 4.39 Å². The molecular formula is C14H18FNO2. The van der Waals surface area contributed by atoms with Gasteiger partial charge in [0.15, 0.2) is 0 Å². The van der Waals surface area contributed by atoms with Crippen LogP contribution in [0.3, 0.4) is 0 Å². The number of nitrogens with one attached hydrogen (secondary N) is 1. The SMILES string of the molecule is CNC1CC2(CCOCC2)Oc2ccc(F)cc21. The van der Waals surface area contributed by atoms with Crippen molar-refractivity contribution in [2.24, 2.45) is 0 Å². The normalized spacial score (nSPS) is 25.6. The van der Waals surface area contributed by atoms with Gasteiger partial charge in [-0.1, -0.05) is 0 Å². The van der Waals surface area contributed by atoms with E-state index in [1.54, 1.807) is 12.1 Å². The van der Waals surface area contributed by atoms with Crippen molar-refractivity contribution >= 4 is 0 Å². The van der Waals surface area contributed by atoms with Gasteiger partial charge in [0.25, 0.3) is 0 Å². The van der Waals surface area contributed by atoms with Gasteiger partial charge in [-0.2, -0.15) is 0 Å². The minimum atomic E-state index is -0.208. The van der Waals surface area contributed by atoms with Crippen LogP contribution in [-0.4, -0.2) is 25.9 Å². The van der Waals surface area contributed by atoms with Crippen LogP contribution in [0.5, 0.6) is 5.75 Å². The summed E-state index contributed by atoms with van der Waals surface area (Å²) in [5.41, 5.74) is 0.783. The molecule has 0 aromatic heterocycles. The molecule has 2 heterocycles. The summed E-state index contributed by atoms with van der Waals surface area (Å²) in [5.74, 6) is 0.601. The van der Waals surface area contributed by atoms with Gasteiger partial charge in [0.05, 0.1) is 13.2 Å². The first-order valence-corrected chi connectivity index (χ1v) is 6.46. The van der Waals surface area contributed by atoms with E-state index in [2.05, 4.69) is 5.32 Å². The molecule has 1 saturated heterocycles. The van der Waals surface area contributed by atoms with Gasteiger partial charge in [-0.3, -0.25) is 0 Å². The van der Waals surface area contributed by atoms with Crippen molar-refractivity contribution in [3.05, 3.63) is 29.6 Å². The molecule has 0 saturated carbocycles. The summed E-state index contributed by atoms with van der Waals surface area (Å²) in [6, 6.07) is 4.93. The van der Waals surface area contributed by atoms with Gasteiger partial charge in [0, 0.05) is 30.9 Å². The van der Waals surface area contributed by atoms with Crippen molar-refractivity contribution in [2.75, 3.05) is 20.3 Å². The molecule has 1 fully saturated rings. The Morgan fingerprint density at radius 1 is 1.33 bits per heavy atom. The highest BCUT2D eigenvalue weighted by Crippen LogP contribution is 2.43. The van der Waals surface area contributed by atoms with Gasteiger partial charge in [-0.25, -0.2) is 4.39 Å². The standard InChI is InChI=1S/C14H18FNO2/c1-16-12-9-14(4-6-17-7-5-14)18-13-3-2-10(15)8-11(12)13/h2-3,8,12,16H,4-7,9H2,1H3. The zero-order valence-corrected chi connectivity index (χ0v) is 10.5. The van der Waals surface area contributed by atoms with Crippen LogP contribution < -0.4 is 10.1 Å². The van der Waals surface area contributed by atoms with Crippen LogP contribution in [0.4, 0.5) is 4.39 Å². The fourth-order valence-electron chi connectivity index (χ4n) is 2.95. The second kappa shape index (κ2) is 4.52. The maximum atomic E-state index is 13.3. The van der Waals surface area contributed by atoms with Crippen LogP contribution in [0.1, 0.15) is 30.9 Å². The lowest BCUT2D eigenvalue weighted by Gasteiger charge is -2.44. The Balaban J connectivity index is 1.96. The largest absolute Gasteiger partial charge is 0.487 e. The molecule has 98 valence electrons. The van der Waals surface area contributed by atoms with Gasteiger partial charge in [0.2, 0.25) is 0 Å². The monoisotopic (exact) mass is 251 g/mol. The molecule has 2 aliphatic heterocycles. The highest BCUT2D eigenvalue weighted by atomic mass is 19.1. The van der Waals surface area contributed by atoms with Crippen LogP contribution in [-0.2, 0) is 4.74 Å². The van der Waals surface area contributed by atoms with E-state index in [4.69, 9.17) is 9.47 Å². The first kappa shape index (κ1) is 11.9. The second-order valence-corrected chi connectivity index (χ2v) is 5.12.